The lowest BCUT2D eigenvalue weighted by Gasteiger charge is -1.99. The van der Waals surface area contributed by atoms with E-state index in [1.54, 1.807) is 36.8 Å². The van der Waals surface area contributed by atoms with Gasteiger partial charge >= 0.3 is 0 Å². The molecule has 1 N–H and O–H groups in total. The van der Waals surface area contributed by atoms with Crippen molar-refractivity contribution in [3.05, 3.63) is 64.4 Å². The molecule has 3 aromatic rings. The molecule has 0 fully saturated rings. The van der Waals surface area contributed by atoms with Crippen LogP contribution < -0.4 is 5.56 Å². The summed E-state index contributed by atoms with van der Waals surface area (Å²) in [5, 5.41) is 3.40. The lowest BCUT2D eigenvalue weighted by Crippen LogP contribution is -2.16. The Morgan fingerprint density at radius 1 is 1.21 bits per heavy atom. The van der Waals surface area contributed by atoms with Crippen LogP contribution in [0, 0.1) is 0 Å². The van der Waals surface area contributed by atoms with Crippen LogP contribution in [0.2, 0.25) is 5.02 Å². The minimum Gasteiger partial charge on any atom is -0.296 e. The molecule has 0 bridgehead atoms. The lowest BCUT2D eigenvalue weighted by molar-refractivity contribution is 0.819. The van der Waals surface area contributed by atoms with Crippen molar-refractivity contribution in [1.29, 1.82) is 0 Å². The van der Waals surface area contributed by atoms with Crippen LogP contribution in [-0.4, -0.2) is 19.7 Å². The number of rotatable bonds is 2. The Kier molecular flexibility index (Phi) is 2.89. The van der Waals surface area contributed by atoms with E-state index in [2.05, 4.69) is 15.1 Å². The van der Waals surface area contributed by atoms with Crippen LogP contribution in [-0.2, 0) is 0 Å². The summed E-state index contributed by atoms with van der Waals surface area (Å²) in [5.41, 5.74) is 1.13. The van der Waals surface area contributed by atoms with Gasteiger partial charge in [0, 0.05) is 30.4 Å². The van der Waals surface area contributed by atoms with Crippen molar-refractivity contribution in [1.82, 2.24) is 19.7 Å². The van der Waals surface area contributed by atoms with E-state index in [0.717, 1.165) is 5.56 Å². The molecule has 3 heterocycles. The molecule has 0 saturated carbocycles. The van der Waals surface area contributed by atoms with Gasteiger partial charge in [-0.15, -0.1) is 0 Å². The first-order chi connectivity index (χ1) is 9.25. The zero-order valence-corrected chi connectivity index (χ0v) is 10.5. The highest BCUT2D eigenvalue weighted by Gasteiger charge is 2.10. The number of aromatic nitrogens is 4. The van der Waals surface area contributed by atoms with Gasteiger partial charge in [-0.2, -0.15) is 0 Å². The first kappa shape index (κ1) is 11.7. The van der Waals surface area contributed by atoms with Gasteiger partial charge in [0.25, 0.3) is 5.56 Å². The molecule has 0 aromatic carbocycles. The zero-order valence-electron chi connectivity index (χ0n) is 9.75. The van der Waals surface area contributed by atoms with E-state index in [4.69, 9.17) is 11.6 Å². The number of aromatic amines is 1. The molecule has 0 aliphatic rings. The average molecular weight is 273 g/mol. The minimum atomic E-state index is -0.178. The van der Waals surface area contributed by atoms with E-state index < -0.39 is 0 Å². The lowest BCUT2D eigenvalue weighted by atomic mass is 10.2. The largest absolute Gasteiger partial charge is 0.296 e. The fourth-order valence-electron chi connectivity index (χ4n) is 1.77. The molecule has 3 rings (SSSR count). The molecule has 0 aliphatic heterocycles. The first-order valence-electron chi connectivity index (χ1n) is 5.58. The summed E-state index contributed by atoms with van der Waals surface area (Å²) in [6.07, 6.45) is 6.43. The molecule has 0 spiro atoms. The van der Waals surface area contributed by atoms with Crippen molar-refractivity contribution in [2.75, 3.05) is 0 Å². The van der Waals surface area contributed by atoms with Gasteiger partial charge in [0.2, 0.25) is 0 Å². The monoisotopic (exact) mass is 272 g/mol. The standard InChI is InChI=1S/C13H9ClN4O/c14-10-3-4-12(16-7-10)18-13(19)11(8-17-18)9-2-1-5-15-6-9/h1-8,17H. The van der Waals surface area contributed by atoms with E-state index in [0.29, 0.717) is 16.4 Å². The molecule has 0 amide bonds. The van der Waals surface area contributed by atoms with Crippen LogP contribution in [0.1, 0.15) is 0 Å². The fourth-order valence-corrected chi connectivity index (χ4v) is 1.88. The number of nitrogens with zero attached hydrogens (tertiary/aromatic N) is 3. The van der Waals surface area contributed by atoms with E-state index >= 15 is 0 Å². The van der Waals surface area contributed by atoms with Crippen molar-refractivity contribution in [2.24, 2.45) is 0 Å². The normalized spacial score (nSPS) is 10.6. The number of hydrogen-bond donors (Lipinski definition) is 1. The Hall–Kier alpha value is -2.40. The third kappa shape index (κ3) is 2.15. The van der Waals surface area contributed by atoms with Crippen LogP contribution in [0.25, 0.3) is 16.9 Å². The van der Waals surface area contributed by atoms with Crippen molar-refractivity contribution in [3.63, 3.8) is 0 Å². The van der Waals surface area contributed by atoms with Crippen molar-refractivity contribution in [3.8, 4) is 16.9 Å². The number of hydrogen-bond acceptors (Lipinski definition) is 3. The third-order valence-corrected chi connectivity index (χ3v) is 2.91. The van der Waals surface area contributed by atoms with Crippen molar-refractivity contribution >= 4 is 11.6 Å². The summed E-state index contributed by atoms with van der Waals surface area (Å²) in [5.74, 6) is 0.490. The van der Waals surface area contributed by atoms with Gasteiger partial charge in [-0.1, -0.05) is 17.7 Å². The molecule has 0 unspecified atom stereocenters. The zero-order chi connectivity index (χ0) is 13.2. The van der Waals surface area contributed by atoms with Crippen LogP contribution in [0.4, 0.5) is 0 Å². The summed E-state index contributed by atoms with van der Waals surface area (Å²) in [4.78, 5) is 20.4. The summed E-state index contributed by atoms with van der Waals surface area (Å²) >= 11 is 5.77. The molecule has 5 nitrogen and oxygen atoms in total. The maximum absolute atomic E-state index is 12.3. The average Bonchev–Trinajstić information content (AvgIpc) is 2.83. The molecule has 6 heteroatoms. The number of halogens is 1. The predicted octanol–water partition coefficient (Wildman–Crippen LogP) is 2.28. The maximum atomic E-state index is 12.3. The molecule has 94 valence electrons. The second-order valence-electron chi connectivity index (χ2n) is 3.90. The number of pyridine rings is 2. The smallest absolute Gasteiger partial charge is 0.280 e. The minimum absolute atomic E-state index is 0.178. The van der Waals surface area contributed by atoms with Gasteiger partial charge < -0.3 is 0 Å². The molecule has 0 aliphatic carbocycles. The second kappa shape index (κ2) is 4.70. The van der Waals surface area contributed by atoms with E-state index in [1.165, 1.54) is 10.9 Å². The molecular formula is C13H9ClN4O. The highest BCUT2D eigenvalue weighted by molar-refractivity contribution is 6.30. The molecule has 0 saturated heterocycles. The van der Waals surface area contributed by atoms with Gasteiger partial charge in [-0.25, -0.2) is 9.67 Å². The Morgan fingerprint density at radius 3 is 2.79 bits per heavy atom. The Balaban J connectivity index is 2.09. The van der Waals surface area contributed by atoms with Gasteiger partial charge in [0.15, 0.2) is 5.82 Å². The maximum Gasteiger partial charge on any atom is 0.280 e. The van der Waals surface area contributed by atoms with Gasteiger partial charge in [-0.05, 0) is 18.2 Å². The van der Waals surface area contributed by atoms with Gasteiger partial charge in [-0.3, -0.25) is 14.9 Å². The van der Waals surface area contributed by atoms with Crippen molar-refractivity contribution in [2.45, 2.75) is 0 Å². The van der Waals surface area contributed by atoms with Gasteiger partial charge in [0.1, 0.15) is 0 Å². The van der Waals surface area contributed by atoms with Crippen LogP contribution in [0.3, 0.4) is 0 Å². The molecule has 0 radical (unpaired) electrons. The molecule has 0 atom stereocenters. The van der Waals surface area contributed by atoms with E-state index in [9.17, 15) is 4.79 Å². The summed E-state index contributed by atoms with van der Waals surface area (Å²) < 4.78 is 1.36. The Labute approximate surface area is 113 Å². The van der Waals surface area contributed by atoms with Crippen LogP contribution >= 0.6 is 11.6 Å². The molecular weight excluding hydrogens is 264 g/mol. The quantitative estimate of drug-likeness (QED) is 0.778. The first-order valence-corrected chi connectivity index (χ1v) is 5.96. The number of H-pyrrole nitrogens is 1. The van der Waals surface area contributed by atoms with Gasteiger partial charge in [0.05, 0.1) is 10.6 Å². The predicted molar refractivity (Wildman–Crippen MR) is 72.4 cm³/mol. The highest BCUT2D eigenvalue weighted by atomic mass is 35.5. The van der Waals surface area contributed by atoms with Crippen LogP contribution in [0.5, 0.6) is 0 Å². The SMILES string of the molecule is O=c1c(-c2cccnc2)c[nH]n1-c1ccc(Cl)cn1. The Bertz CT molecular complexity index is 746. The molecule has 3 aromatic heterocycles. The third-order valence-electron chi connectivity index (χ3n) is 2.68. The number of nitrogens with one attached hydrogen (secondary N) is 1. The van der Waals surface area contributed by atoms with Crippen LogP contribution in [0.15, 0.2) is 53.8 Å². The second-order valence-corrected chi connectivity index (χ2v) is 4.34. The highest BCUT2D eigenvalue weighted by Crippen LogP contribution is 2.14. The summed E-state index contributed by atoms with van der Waals surface area (Å²) in [7, 11) is 0. The fraction of sp³-hybridized carbons (Fsp3) is 0. The summed E-state index contributed by atoms with van der Waals surface area (Å²) in [6, 6.07) is 6.97. The van der Waals surface area contributed by atoms with Crippen molar-refractivity contribution < 1.29 is 0 Å². The summed E-state index contributed by atoms with van der Waals surface area (Å²) in [6.45, 7) is 0. The van der Waals surface area contributed by atoms with E-state index in [-0.39, 0.29) is 5.56 Å². The molecule has 19 heavy (non-hydrogen) atoms. The van der Waals surface area contributed by atoms with E-state index in [1.807, 2.05) is 6.07 Å². The Morgan fingerprint density at radius 2 is 2.11 bits per heavy atom. The topological polar surface area (TPSA) is 63.6 Å².